The van der Waals surface area contributed by atoms with E-state index in [9.17, 15) is 9.59 Å². The lowest BCUT2D eigenvalue weighted by Crippen LogP contribution is -2.29. The Labute approximate surface area is 167 Å². The normalized spacial score (nSPS) is 23.9. The van der Waals surface area contributed by atoms with Crippen LogP contribution in [-0.2, 0) is 15.8 Å². The van der Waals surface area contributed by atoms with Gasteiger partial charge in [-0.05, 0) is 43.1 Å². The number of benzene rings is 1. The third-order valence-electron chi connectivity index (χ3n) is 6.61. The molecule has 6 nitrogen and oxygen atoms in total. The van der Waals surface area contributed by atoms with Crippen LogP contribution in [0, 0.1) is 0 Å². The Hall–Kier alpha value is -3.12. The highest BCUT2D eigenvalue weighted by Crippen LogP contribution is 2.53. The largest absolute Gasteiger partial charge is 0.449 e. The third-order valence-corrected chi connectivity index (χ3v) is 6.61. The molecule has 1 N–H and O–H groups in total. The van der Waals surface area contributed by atoms with Gasteiger partial charge < -0.3 is 10.1 Å². The first-order valence-electron chi connectivity index (χ1n) is 9.97. The molecule has 1 aliphatic carbocycles. The maximum absolute atomic E-state index is 13.8. The molecule has 1 unspecified atom stereocenters. The Kier molecular flexibility index (Phi) is 3.30. The van der Waals surface area contributed by atoms with Crippen LogP contribution in [-0.4, -0.2) is 34.8 Å². The molecule has 3 aliphatic rings. The zero-order valence-corrected chi connectivity index (χ0v) is 15.8. The highest BCUT2D eigenvalue weighted by atomic mass is 16.6. The number of nitrogens with zero attached hydrogens (tertiary/aromatic N) is 2. The Balaban J connectivity index is 1.50. The van der Waals surface area contributed by atoms with Gasteiger partial charge in [0.05, 0.1) is 16.5 Å². The number of carbonyl (C=O) groups is 2. The molecule has 144 valence electrons. The number of aromatic nitrogens is 2. The van der Waals surface area contributed by atoms with Crippen molar-refractivity contribution >= 4 is 22.7 Å². The smallest absolute Gasteiger partial charge is 0.341 e. The summed E-state index contributed by atoms with van der Waals surface area (Å²) in [5.41, 5.74) is 1.92. The van der Waals surface area contributed by atoms with Gasteiger partial charge in [0.1, 0.15) is 5.69 Å². The molecule has 1 atom stereocenters. The summed E-state index contributed by atoms with van der Waals surface area (Å²) in [5, 5.41) is 4.24. The molecule has 2 fully saturated rings. The van der Waals surface area contributed by atoms with Crippen molar-refractivity contribution in [1.29, 1.82) is 0 Å². The van der Waals surface area contributed by atoms with Crippen LogP contribution in [0.25, 0.3) is 10.9 Å². The molecule has 0 amide bonds. The van der Waals surface area contributed by atoms with Gasteiger partial charge in [0, 0.05) is 36.3 Å². The zero-order valence-electron chi connectivity index (χ0n) is 15.8. The molecule has 29 heavy (non-hydrogen) atoms. The highest BCUT2D eigenvalue weighted by Gasteiger charge is 2.56. The van der Waals surface area contributed by atoms with Crippen LogP contribution in [0.1, 0.15) is 51.2 Å². The van der Waals surface area contributed by atoms with E-state index in [0.717, 1.165) is 41.4 Å². The van der Waals surface area contributed by atoms with Crippen molar-refractivity contribution in [2.24, 2.45) is 0 Å². The maximum atomic E-state index is 13.8. The number of ether oxygens (including phenoxy) is 1. The Morgan fingerprint density at radius 2 is 1.79 bits per heavy atom. The molecule has 0 radical (unpaired) electrons. The highest BCUT2D eigenvalue weighted by molar-refractivity contribution is 6.13. The molecule has 1 saturated carbocycles. The number of Topliss-reactive ketones (excluding diaryl/α,β-unsaturated/α-hetero) is 1. The van der Waals surface area contributed by atoms with E-state index in [-0.39, 0.29) is 11.5 Å². The quantitative estimate of drug-likeness (QED) is 0.552. The Morgan fingerprint density at radius 3 is 2.59 bits per heavy atom. The van der Waals surface area contributed by atoms with Crippen molar-refractivity contribution in [3.05, 3.63) is 71.2 Å². The molecule has 1 aromatic carbocycles. The molecule has 1 saturated heterocycles. The van der Waals surface area contributed by atoms with E-state index in [1.54, 1.807) is 12.4 Å². The van der Waals surface area contributed by atoms with Crippen LogP contribution >= 0.6 is 0 Å². The summed E-state index contributed by atoms with van der Waals surface area (Å²) in [6.45, 7) is 1.36. The number of rotatable bonds is 3. The van der Waals surface area contributed by atoms with Crippen molar-refractivity contribution in [1.82, 2.24) is 15.3 Å². The number of hydrogen-bond acceptors (Lipinski definition) is 6. The summed E-state index contributed by atoms with van der Waals surface area (Å²) in [6, 6.07) is 11.6. The SMILES string of the molecule is O=C1OC2(CCNC2)c2ccnc(C(=O)C3(c4ccnc5ccccc45)CC3)c21. The van der Waals surface area contributed by atoms with Gasteiger partial charge >= 0.3 is 5.97 Å². The van der Waals surface area contributed by atoms with E-state index in [2.05, 4.69) is 15.3 Å². The first-order valence-corrected chi connectivity index (χ1v) is 9.97. The summed E-state index contributed by atoms with van der Waals surface area (Å²) in [7, 11) is 0. The number of ketones is 1. The monoisotopic (exact) mass is 385 g/mol. The Bertz CT molecular complexity index is 1190. The summed E-state index contributed by atoms with van der Waals surface area (Å²) in [5.74, 6) is -0.527. The minimum absolute atomic E-state index is 0.0920. The summed E-state index contributed by atoms with van der Waals surface area (Å²) >= 11 is 0. The van der Waals surface area contributed by atoms with E-state index in [0.29, 0.717) is 18.5 Å². The third kappa shape index (κ3) is 2.20. The molecule has 0 bridgehead atoms. The van der Waals surface area contributed by atoms with Crippen molar-refractivity contribution in [2.45, 2.75) is 30.3 Å². The van der Waals surface area contributed by atoms with E-state index >= 15 is 0 Å². The lowest BCUT2D eigenvalue weighted by atomic mass is 9.84. The van der Waals surface area contributed by atoms with Gasteiger partial charge in [-0.1, -0.05) is 18.2 Å². The number of hydrogen-bond donors (Lipinski definition) is 1. The fourth-order valence-corrected chi connectivity index (χ4v) is 4.97. The molecule has 4 heterocycles. The molecule has 2 aromatic heterocycles. The second kappa shape index (κ2) is 5.70. The molecule has 1 spiro atoms. The second-order valence-corrected chi connectivity index (χ2v) is 8.18. The van der Waals surface area contributed by atoms with Crippen LogP contribution in [0.2, 0.25) is 0 Å². The number of nitrogens with one attached hydrogen (secondary N) is 1. The van der Waals surface area contributed by atoms with Crippen LogP contribution in [0.4, 0.5) is 0 Å². The number of fused-ring (bicyclic) bond motifs is 3. The standard InChI is InChI=1S/C23H19N3O3/c27-20(22(7-8-22)15-5-10-25-17-4-2-1-3-14(15)17)19-18-16(6-11-26-19)23(29-21(18)28)9-12-24-13-23/h1-6,10-11,24H,7-9,12-13H2. The predicted molar refractivity (Wildman–Crippen MR) is 106 cm³/mol. The van der Waals surface area contributed by atoms with E-state index in [1.165, 1.54) is 0 Å². The second-order valence-electron chi connectivity index (χ2n) is 8.18. The van der Waals surface area contributed by atoms with Crippen molar-refractivity contribution in [2.75, 3.05) is 13.1 Å². The van der Waals surface area contributed by atoms with Gasteiger partial charge in [-0.3, -0.25) is 14.8 Å². The maximum Gasteiger partial charge on any atom is 0.341 e. The van der Waals surface area contributed by atoms with E-state index < -0.39 is 17.0 Å². The average Bonchev–Trinajstić information content (AvgIpc) is 3.35. The fourth-order valence-electron chi connectivity index (χ4n) is 4.97. The molecule has 6 rings (SSSR count). The average molecular weight is 385 g/mol. The fraction of sp³-hybridized carbons (Fsp3) is 0.304. The lowest BCUT2D eigenvalue weighted by Gasteiger charge is -2.21. The molecule has 2 aliphatic heterocycles. The summed E-state index contributed by atoms with van der Waals surface area (Å²) in [6.07, 6.45) is 5.58. The predicted octanol–water partition coefficient (Wildman–Crippen LogP) is 2.90. The van der Waals surface area contributed by atoms with E-state index in [1.807, 2.05) is 36.4 Å². The van der Waals surface area contributed by atoms with Gasteiger partial charge in [-0.15, -0.1) is 0 Å². The molecule has 3 aromatic rings. The van der Waals surface area contributed by atoms with Gasteiger partial charge in [-0.2, -0.15) is 0 Å². The van der Waals surface area contributed by atoms with Crippen LogP contribution in [0.15, 0.2) is 48.8 Å². The van der Waals surface area contributed by atoms with Crippen LogP contribution in [0.3, 0.4) is 0 Å². The van der Waals surface area contributed by atoms with Crippen LogP contribution in [0.5, 0.6) is 0 Å². The summed E-state index contributed by atoms with van der Waals surface area (Å²) in [4.78, 5) is 35.4. The van der Waals surface area contributed by atoms with Gasteiger partial charge in [0.25, 0.3) is 0 Å². The van der Waals surface area contributed by atoms with Crippen molar-refractivity contribution in [3.8, 4) is 0 Å². The zero-order chi connectivity index (χ0) is 19.6. The minimum Gasteiger partial charge on any atom is -0.449 e. The summed E-state index contributed by atoms with van der Waals surface area (Å²) < 4.78 is 5.78. The molecular weight excluding hydrogens is 366 g/mol. The topological polar surface area (TPSA) is 81.2 Å². The van der Waals surface area contributed by atoms with E-state index in [4.69, 9.17) is 4.74 Å². The molecular formula is C23H19N3O3. The number of carbonyl (C=O) groups excluding carboxylic acids is 2. The lowest BCUT2D eigenvalue weighted by molar-refractivity contribution is 0.00158. The Morgan fingerprint density at radius 1 is 1.00 bits per heavy atom. The van der Waals surface area contributed by atoms with Gasteiger partial charge in [-0.25, -0.2) is 4.79 Å². The minimum atomic E-state index is -0.662. The van der Waals surface area contributed by atoms with Gasteiger partial charge in [0.15, 0.2) is 11.4 Å². The number of esters is 1. The molecule has 6 heteroatoms. The first kappa shape index (κ1) is 16.8. The van der Waals surface area contributed by atoms with Crippen molar-refractivity contribution < 1.29 is 14.3 Å². The van der Waals surface area contributed by atoms with Crippen LogP contribution < -0.4 is 5.32 Å². The number of pyridine rings is 2. The van der Waals surface area contributed by atoms with Gasteiger partial charge in [0.2, 0.25) is 0 Å². The first-order chi connectivity index (χ1) is 14.1. The number of para-hydroxylation sites is 1. The van der Waals surface area contributed by atoms with Crippen molar-refractivity contribution in [3.63, 3.8) is 0 Å².